The minimum Gasteiger partial charge on any atom is -0.357 e. The van der Waals surface area contributed by atoms with E-state index in [2.05, 4.69) is 36.7 Å². The second-order valence-electron chi connectivity index (χ2n) is 5.75. The van der Waals surface area contributed by atoms with Gasteiger partial charge in [-0.2, -0.15) is 5.26 Å². The van der Waals surface area contributed by atoms with E-state index in [4.69, 9.17) is 0 Å². The van der Waals surface area contributed by atoms with Gasteiger partial charge in [0.2, 0.25) is 0 Å². The molecule has 0 aliphatic heterocycles. The molecule has 0 bridgehead atoms. The Kier molecular flexibility index (Phi) is 4.24. The molecule has 1 atom stereocenters. The van der Waals surface area contributed by atoms with Gasteiger partial charge < -0.3 is 4.90 Å². The first-order valence-electron chi connectivity index (χ1n) is 7.05. The van der Waals surface area contributed by atoms with Crippen molar-refractivity contribution in [3.05, 3.63) is 35.9 Å². The van der Waals surface area contributed by atoms with Crippen LogP contribution >= 0.6 is 0 Å². The van der Waals surface area contributed by atoms with E-state index in [-0.39, 0.29) is 0 Å². The molecular formula is C17H21N3. The number of hydrogen-bond acceptors (Lipinski definition) is 3. The predicted molar refractivity (Wildman–Crippen MR) is 83.8 cm³/mol. The quantitative estimate of drug-likeness (QED) is 0.841. The number of nitrogens with zero attached hydrogens (tertiary/aromatic N) is 3. The van der Waals surface area contributed by atoms with Gasteiger partial charge in [-0.05, 0) is 31.4 Å². The number of nitriles is 1. The van der Waals surface area contributed by atoms with E-state index in [9.17, 15) is 5.26 Å². The van der Waals surface area contributed by atoms with E-state index in [0.717, 1.165) is 23.1 Å². The van der Waals surface area contributed by atoms with Crippen LogP contribution in [-0.2, 0) is 0 Å². The van der Waals surface area contributed by atoms with Crippen molar-refractivity contribution in [3.8, 4) is 6.07 Å². The summed E-state index contributed by atoms with van der Waals surface area (Å²) in [5.41, 5.74) is 1.57. The van der Waals surface area contributed by atoms with Gasteiger partial charge in [-0.3, -0.25) is 0 Å². The minimum atomic E-state index is 0.398. The summed E-state index contributed by atoms with van der Waals surface area (Å²) in [5.74, 6) is 1.51. The van der Waals surface area contributed by atoms with Crippen LogP contribution in [0, 0.1) is 17.2 Å². The summed E-state index contributed by atoms with van der Waals surface area (Å²) >= 11 is 0. The molecule has 3 nitrogen and oxygen atoms in total. The molecule has 20 heavy (non-hydrogen) atoms. The van der Waals surface area contributed by atoms with Gasteiger partial charge in [0.1, 0.15) is 5.82 Å². The van der Waals surface area contributed by atoms with Gasteiger partial charge in [-0.15, -0.1) is 0 Å². The highest BCUT2D eigenvalue weighted by Crippen LogP contribution is 2.24. The van der Waals surface area contributed by atoms with Crippen molar-refractivity contribution in [1.29, 1.82) is 5.26 Å². The Morgan fingerprint density at radius 2 is 1.95 bits per heavy atom. The fourth-order valence-electron chi connectivity index (χ4n) is 2.50. The molecule has 1 heterocycles. The van der Waals surface area contributed by atoms with Crippen LogP contribution in [0.15, 0.2) is 30.3 Å². The maximum atomic E-state index is 9.33. The number of pyridine rings is 1. The average Bonchev–Trinajstić information content (AvgIpc) is 2.44. The van der Waals surface area contributed by atoms with Crippen molar-refractivity contribution in [2.24, 2.45) is 5.92 Å². The zero-order valence-electron chi connectivity index (χ0n) is 12.6. The van der Waals surface area contributed by atoms with Crippen LogP contribution in [0.4, 0.5) is 5.82 Å². The molecule has 0 amide bonds. The number of aromatic nitrogens is 1. The van der Waals surface area contributed by atoms with Gasteiger partial charge in [-0.1, -0.05) is 32.0 Å². The first-order chi connectivity index (χ1) is 9.52. The normalized spacial score (nSPS) is 12.4. The van der Waals surface area contributed by atoms with E-state index in [0.29, 0.717) is 17.5 Å². The molecule has 0 saturated carbocycles. The summed E-state index contributed by atoms with van der Waals surface area (Å²) in [6.45, 7) is 6.64. The first kappa shape index (κ1) is 14.3. The van der Waals surface area contributed by atoms with Gasteiger partial charge in [0.25, 0.3) is 0 Å². The van der Waals surface area contributed by atoms with Crippen molar-refractivity contribution < 1.29 is 0 Å². The Bertz CT molecular complexity index is 640. The first-order valence-corrected chi connectivity index (χ1v) is 7.05. The molecule has 3 heteroatoms. The van der Waals surface area contributed by atoms with E-state index >= 15 is 0 Å². The third-order valence-corrected chi connectivity index (χ3v) is 3.66. The molecule has 1 aromatic carbocycles. The lowest BCUT2D eigenvalue weighted by Gasteiger charge is -2.27. The lowest BCUT2D eigenvalue weighted by Crippen LogP contribution is -2.30. The number of fused-ring (bicyclic) bond motifs is 1. The number of benzene rings is 1. The number of rotatable bonds is 4. The molecule has 104 valence electrons. The molecule has 2 rings (SSSR count). The Labute approximate surface area is 120 Å². The topological polar surface area (TPSA) is 39.9 Å². The van der Waals surface area contributed by atoms with Crippen molar-refractivity contribution in [3.63, 3.8) is 0 Å². The zero-order valence-corrected chi connectivity index (χ0v) is 12.6. The second-order valence-corrected chi connectivity index (χ2v) is 5.75. The van der Waals surface area contributed by atoms with Gasteiger partial charge in [0.05, 0.1) is 17.1 Å². The standard InChI is InChI=1S/C17H21N3/c1-12(2)9-13(3)20(4)17-10-14(11-18)15-7-5-6-8-16(15)19-17/h5-8,10,12-13H,9H2,1-4H3. The SMILES string of the molecule is CC(C)CC(C)N(C)c1cc(C#N)c2ccccc2n1. The molecular weight excluding hydrogens is 246 g/mol. The molecule has 0 fully saturated rings. The van der Waals surface area contributed by atoms with Gasteiger partial charge in [0, 0.05) is 18.5 Å². The van der Waals surface area contributed by atoms with Crippen LogP contribution in [0.1, 0.15) is 32.8 Å². The Morgan fingerprint density at radius 1 is 1.25 bits per heavy atom. The largest absolute Gasteiger partial charge is 0.357 e. The zero-order chi connectivity index (χ0) is 14.7. The maximum absolute atomic E-state index is 9.33. The van der Waals surface area contributed by atoms with Crippen LogP contribution in [0.5, 0.6) is 0 Å². The summed E-state index contributed by atoms with van der Waals surface area (Å²) < 4.78 is 0. The van der Waals surface area contributed by atoms with E-state index in [1.807, 2.05) is 37.4 Å². The highest BCUT2D eigenvalue weighted by Gasteiger charge is 2.15. The lowest BCUT2D eigenvalue weighted by atomic mass is 10.0. The van der Waals surface area contributed by atoms with Crippen molar-refractivity contribution in [2.75, 3.05) is 11.9 Å². The fraction of sp³-hybridized carbons (Fsp3) is 0.412. The molecule has 0 radical (unpaired) electrons. The molecule has 0 saturated heterocycles. The predicted octanol–water partition coefficient (Wildman–Crippen LogP) is 3.98. The summed E-state index contributed by atoms with van der Waals surface area (Å²) in [6.07, 6.45) is 1.10. The van der Waals surface area contributed by atoms with E-state index in [1.54, 1.807) is 0 Å². The maximum Gasteiger partial charge on any atom is 0.130 e. The van der Waals surface area contributed by atoms with Crippen LogP contribution in [0.2, 0.25) is 0 Å². The smallest absolute Gasteiger partial charge is 0.130 e. The van der Waals surface area contributed by atoms with E-state index < -0.39 is 0 Å². The summed E-state index contributed by atoms with van der Waals surface area (Å²) in [7, 11) is 2.05. The Hall–Kier alpha value is -2.08. The Morgan fingerprint density at radius 3 is 2.60 bits per heavy atom. The summed E-state index contributed by atoms with van der Waals surface area (Å²) in [4.78, 5) is 6.85. The molecule has 0 aliphatic carbocycles. The molecule has 1 unspecified atom stereocenters. The molecule has 0 N–H and O–H groups in total. The Balaban J connectivity index is 2.42. The van der Waals surface area contributed by atoms with Crippen LogP contribution in [-0.4, -0.2) is 18.1 Å². The molecule has 0 spiro atoms. The molecule has 1 aromatic heterocycles. The third kappa shape index (κ3) is 2.91. The lowest BCUT2D eigenvalue weighted by molar-refractivity contribution is 0.502. The van der Waals surface area contributed by atoms with Gasteiger partial charge in [0.15, 0.2) is 0 Å². The highest BCUT2D eigenvalue weighted by molar-refractivity contribution is 5.86. The molecule has 2 aromatic rings. The molecule has 0 aliphatic rings. The number of anilines is 1. The fourth-order valence-corrected chi connectivity index (χ4v) is 2.50. The minimum absolute atomic E-state index is 0.398. The van der Waals surface area contributed by atoms with Crippen molar-refractivity contribution in [2.45, 2.75) is 33.2 Å². The van der Waals surface area contributed by atoms with Crippen molar-refractivity contribution >= 4 is 16.7 Å². The monoisotopic (exact) mass is 267 g/mol. The van der Waals surface area contributed by atoms with E-state index in [1.165, 1.54) is 0 Å². The number of para-hydroxylation sites is 1. The van der Waals surface area contributed by atoms with Crippen LogP contribution < -0.4 is 4.90 Å². The van der Waals surface area contributed by atoms with Crippen LogP contribution in [0.3, 0.4) is 0 Å². The third-order valence-electron chi connectivity index (χ3n) is 3.66. The van der Waals surface area contributed by atoms with Crippen molar-refractivity contribution in [1.82, 2.24) is 4.98 Å². The van der Waals surface area contributed by atoms with Gasteiger partial charge >= 0.3 is 0 Å². The van der Waals surface area contributed by atoms with Crippen LogP contribution in [0.25, 0.3) is 10.9 Å². The highest BCUT2D eigenvalue weighted by atomic mass is 15.2. The van der Waals surface area contributed by atoms with Gasteiger partial charge in [-0.25, -0.2) is 4.98 Å². The average molecular weight is 267 g/mol. The summed E-state index contributed by atoms with van der Waals surface area (Å²) in [6, 6.07) is 12.4. The number of hydrogen-bond donors (Lipinski definition) is 0. The summed E-state index contributed by atoms with van der Waals surface area (Å²) in [5, 5.41) is 10.2. The second kappa shape index (κ2) is 5.92.